The minimum atomic E-state index is 0.837. The van der Waals surface area contributed by atoms with Crippen molar-refractivity contribution in [2.24, 2.45) is 23.7 Å². The molecule has 0 aromatic carbocycles. The molecule has 2 aliphatic rings. The molecule has 0 saturated heterocycles. The van der Waals surface area contributed by atoms with Gasteiger partial charge in [0, 0.05) is 6.04 Å². The predicted molar refractivity (Wildman–Crippen MR) is 84.3 cm³/mol. The molecule has 1 nitrogen and oxygen atoms in total. The van der Waals surface area contributed by atoms with Gasteiger partial charge < -0.3 is 5.32 Å². The van der Waals surface area contributed by atoms with Crippen molar-refractivity contribution in [3.8, 4) is 0 Å². The lowest BCUT2D eigenvalue weighted by atomic mass is 9.75. The zero-order valence-corrected chi connectivity index (χ0v) is 13.5. The molecule has 3 atom stereocenters. The van der Waals surface area contributed by atoms with Gasteiger partial charge in [-0.3, -0.25) is 0 Å². The summed E-state index contributed by atoms with van der Waals surface area (Å²) in [5, 5.41) is 3.94. The second-order valence-corrected chi connectivity index (χ2v) is 7.35. The van der Waals surface area contributed by atoms with E-state index in [9.17, 15) is 0 Å². The third-order valence-electron chi connectivity index (χ3n) is 5.87. The Bertz CT molecular complexity index is 240. The Kier molecular flexibility index (Phi) is 6.19. The Morgan fingerprint density at radius 1 is 0.947 bits per heavy atom. The lowest BCUT2D eigenvalue weighted by Crippen LogP contribution is -2.43. The molecule has 0 aliphatic heterocycles. The van der Waals surface area contributed by atoms with Crippen LogP contribution < -0.4 is 5.32 Å². The minimum absolute atomic E-state index is 0.837. The molecule has 0 aromatic heterocycles. The van der Waals surface area contributed by atoms with Crippen LogP contribution in [0.3, 0.4) is 0 Å². The lowest BCUT2D eigenvalue weighted by molar-refractivity contribution is 0.181. The highest BCUT2D eigenvalue weighted by Gasteiger charge is 2.35. The summed E-state index contributed by atoms with van der Waals surface area (Å²) in [4.78, 5) is 0. The Balaban J connectivity index is 1.91. The Hall–Kier alpha value is -0.0400. The third-order valence-corrected chi connectivity index (χ3v) is 5.87. The maximum atomic E-state index is 3.94. The van der Waals surface area contributed by atoms with Crippen molar-refractivity contribution in [2.75, 3.05) is 6.54 Å². The first-order valence-electron chi connectivity index (χ1n) is 8.97. The molecule has 2 saturated carbocycles. The van der Waals surface area contributed by atoms with Crippen LogP contribution in [-0.2, 0) is 0 Å². The summed E-state index contributed by atoms with van der Waals surface area (Å²) in [6.45, 7) is 8.34. The summed E-state index contributed by atoms with van der Waals surface area (Å²) in [6, 6.07) is 0.837. The fourth-order valence-corrected chi connectivity index (χ4v) is 4.48. The van der Waals surface area contributed by atoms with Gasteiger partial charge in [-0.25, -0.2) is 0 Å². The van der Waals surface area contributed by atoms with Gasteiger partial charge in [-0.1, -0.05) is 46.5 Å². The van der Waals surface area contributed by atoms with Crippen molar-refractivity contribution in [2.45, 2.75) is 84.6 Å². The van der Waals surface area contributed by atoms with Crippen LogP contribution in [0.25, 0.3) is 0 Å². The topological polar surface area (TPSA) is 12.0 Å². The molecule has 2 fully saturated rings. The molecule has 0 bridgehead atoms. The molecule has 2 rings (SSSR count). The normalized spacial score (nSPS) is 37.4. The maximum absolute atomic E-state index is 3.94. The molecule has 2 aliphatic carbocycles. The van der Waals surface area contributed by atoms with Gasteiger partial charge in [0.25, 0.3) is 0 Å². The van der Waals surface area contributed by atoms with E-state index in [2.05, 4.69) is 26.1 Å². The van der Waals surface area contributed by atoms with Gasteiger partial charge in [0.05, 0.1) is 0 Å². The van der Waals surface area contributed by atoms with Crippen LogP contribution in [0, 0.1) is 23.7 Å². The molecule has 1 N–H and O–H groups in total. The molecule has 0 spiro atoms. The highest BCUT2D eigenvalue weighted by molar-refractivity contribution is 4.90. The van der Waals surface area contributed by atoms with Gasteiger partial charge in [0.2, 0.25) is 0 Å². The van der Waals surface area contributed by atoms with E-state index < -0.39 is 0 Å². The smallest absolute Gasteiger partial charge is 0.0124 e. The average molecular weight is 265 g/mol. The largest absolute Gasteiger partial charge is 0.313 e. The standard InChI is InChI=1S/C18H35N/c1-4-12-19-18(16-9-6-14(3)7-10-16)17-11-8-15(5-2)13-17/h14-19H,4-13H2,1-3H3. The number of nitrogens with one attached hydrogen (secondary N) is 1. The van der Waals surface area contributed by atoms with Crippen LogP contribution in [0.15, 0.2) is 0 Å². The van der Waals surface area contributed by atoms with E-state index in [1.54, 1.807) is 0 Å². The lowest BCUT2D eigenvalue weighted by Gasteiger charge is -2.37. The Labute approximate surface area is 120 Å². The summed E-state index contributed by atoms with van der Waals surface area (Å²) in [6.07, 6.45) is 13.1. The van der Waals surface area contributed by atoms with E-state index in [-0.39, 0.29) is 0 Å². The second kappa shape index (κ2) is 7.67. The third kappa shape index (κ3) is 4.21. The van der Waals surface area contributed by atoms with Crippen LogP contribution in [0.5, 0.6) is 0 Å². The molecule has 0 amide bonds. The Morgan fingerprint density at radius 2 is 1.63 bits per heavy atom. The monoisotopic (exact) mass is 265 g/mol. The van der Waals surface area contributed by atoms with E-state index in [1.807, 2.05) is 0 Å². The molecule has 0 radical (unpaired) electrons. The summed E-state index contributed by atoms with van der Waals surface area (Å²) < 4.78 is 0. The maximum Gasteiger partial charge on any atom is 0.0124 e. The zero-order valence-electron chi connectivity index (χ0n) is 13.5. The van der Waals surface area contributed by atoms with E-state index >= 15 is 0 Å². The first-order chi connectivity index (χ1) is 9.24. The van der Waals surface area contributed by atoms with Gasteiger partial charge in [0.15, 0.2) is 0 Å². The molecule has 112 valence electrons. The van der Waals surface area contributed by atoms with E-state index in [4.69, 9.17) is 0 Å². The summed E-state index contributed by atoms with van der Waals surface area (Å²) in [5.74, 6) is 3.96. The fourth-order valence-electron chi connectivity index (χ4n) is 4.48. The van der Waals surface area contributed by atoms with E-state index in [1.165, 1.54) is 64.3 Å². The zero-order chi connectivity index (χ0) is 13.7. The van der Waals surface area contributed by atoms with Gasteiger partial charge in [-0.2, -0.15) is 0 Å². The summed E-state index contributed by atoms with van der Waals surface area (Å²) in [5.41, 5.74) is 0. The van der Waals surface area contributed by atoms with Crippen molar-refractivity contribution < 1.29 is 0 Å². The summed E-state index contributed by atoms with van der Waals surface area (Å²) >= 11 is 0. The van der Waals surface area contributed by atoms with Crippen molar-refractivity contribution in [1.82, 2.24) is 5.32 Å². The van der Waals surface area contributed by atoms with Crippen molar-refractivity contribution in [3.63, 3.8) is 0 Å². The van der Waals surface area contributed by atoms with Gasteiger partial charge in [-0.15, -0.1) is 0 Å². The molecular weight excluding hydrogens is 230 g/mol. The number of hydrogen-bond acceptors (Lipinski definition) is 1. The number of hydrogen-bond donors (Lipinski definition) is 1. The SMILES string of the molecule is CCCNC(C1CCC(C)CC1)C1CCC(CC)C1. The number of rotatable bonds is 6. The fraction of sp³-hybridized carbons (Fsp3) is 1.00. The minimum Gasteiger partial charge on any atom is -0.313 e. The Morgan fingerprint density at radius 3 is 2.21 bits per heavy atom. The second-order valence-electron chi connectivity index (χ2n) is 7.35. The average Bonchev–Trinajstić information content (AvgIpc) is 2.90. The first-order valence-corrected chi connectivity index (χ1v) is 8.97. The van der Waals surface area contributed by atoms with Crippen LogP contribution in [0.2, 0.25) is 0 Å². The van der Waals surface area contributed by atoms with Crippen LogP contribution in [0.1, 0.15) is 78.6 Å². The van der Waals surface area contributed by atoms with Gasteiger partial charge in [0.1, 0.15) is 0 Å². The quantitative estimate of drug-likeness (QED) is 0.712. The van der Waals surface area contributed by atoms with E-state index in [0.717, 1.165) is 29.7 Å². The highest BCUT2D eigenvalue weighted by Crippen LogP contribution is 2.40. The van der Waals surface area contributed by atoms with Crippen LogP contribution in [-0.4, -0.2) is 12.6 Å². The molecule has 1 heteroatoms. The van der Waals surface area contributed by atoms with Crippen molar-refractivity contribution >= 4 is 0 Å². The first kappa shape index (κ1) is 15.4. The molecule has 3 unspecified atom stereocenters. The molecule has 19 heavy (non-hydrogen) atoms. The van der Waals surface area contributed by atoms with E-state index in [0.29, 0.717) is 0 Å². The molecular formula is C18H35N. The van der Waals surface area contributed by atoms with Crippen molar-refractivity contribution in [1.29, 1.82) is 0 Å². The highest BCUT2D eigenvalue weighted by atomic mass is 14.9. The predicted octanol–water partition coefficient (Wildman–Crippen LogP) is 5.01. The van der Waals surface area contributed by atoms with Gasteiger partial charge in [-0.05, 0) is 62.3 Å². The molecule has 0 aromatic rings. The van der Waals surface area contributed by atoms with Crippen LogP contribution in [0.4, 0.5) is 0 Å². The molecule has 0 heterocycles. The van der Waals surface area contributed by atoms with Gasteiger partial charge >= 0.3 is 0 Å². The van der Waals surface area contributed by atoms with Crippen LogP contribution >= 0.6 is 0 Å². The van der Waals surface area contributed by atoms with Crippen molar-refractivity contribution in [3.05, 3.63) is 0 Å². The summed E-state index contributed by atoms with van der Waals surface area (Å²) in [7, 11) is 0.